The van der Waals surface area contributed by atoms with E-state index in [-0.39, 0.29) is 11.3 Å². The monoisotopic (exact) mass is 263 g/mol. The second-order valence-electron chi connectivity index (χ2n) is 5.90. The Balaban J connectivity index is 1.81. The summed E-state index contributed by atoms with van der Waals surface area (Å²) >= 11 is 0. The van der Waals surface area contributed by atoms with Crippen LogP contribution in [0.3, 0.4) is 0 Å². The van der Waals surface area contributed by atoms with Gasteiger partial charge in [0.25, 0.3) is 0 Å². The molecule has 19 heavy (non-hydrogen) atoms. The molecule has 0 aromatic carbocycles. The van der Waals surface area contributed by atoms with Gasteiger partial charge in [0.05, 0.1) is 12.0 Å². The van der Waals surface area contributed by atoms with Crippen molar-refractivity contribution >= 4 is 5.91 Å². The van der Waals surface area contributed by atoms with E-state index in [0.29, 0.717) is 12.5 Å². The normalized spacial score (nSPS) is 26.8. The van der Waals surface area contributed by atoms with Crippen LogP contribution in [0.25, 0.3) is 0 Å². The van der Waals surface area contributed by atoms with Crippen molar-refractivity contribution in [2.75, 3.05) is 19.6 Å². The van der Waals surface area contributed by atoms with Crippen molar-refractivity contribution in [2.45, 2.75) is 33.4 Å². The molecule has 2 aliphatic rings. The molecule has 6 nitrogen and oxygen atoms in total. The van der Waals surface area contributed by atoms with E-state index >= 15 is 0 Å². The lowest BCUT2D eigenvalue weighted by atomic mass is 9.75. The summed E-state index contributed by atoms with van der Waals surface area (Å²) in [4.78, 5) is 14.9. The fourth-order valence-electron chi connectivity index (χ4n) is 3.19. The Morgan fingerprint density at radius 3 is 3.00 bits per heavy atom. The van der Waals surface area contributed by atoms with E-state index in [4.69, 9.17) is 0 Å². The molecule has 0 spiro atoms. The maximum absolute atomic E-state index is 12.9. The number of carbonyl (C=O) groups excluding carboxylic acids is 1. The molecule has 0 bridgehead atoms. The van der Waals surface area contributed by atoms with Gasteiger partial charge in [0.1, 0.15) is 6.33 Å². The van der Waals surface area contributed by atoms with E-state index in [0.717, 1.165) is 38.4 Å². The predicted molar refractivity (Wildman–Crippen MR) is 70.2 cm³/mol. The van der Waals surface area contributed by atoms with Gasteiger partial charge >= 0.3 is 0 Å². The van der Waals surface area contributed by atoms with E-state index in [1.54, 1.807) is 6.33 Å². The van der Waals surface area contributed by atoms with Crippen LogP contribution in [0.1, 0.15) is 26.1 Å². The van der Waals surface area contributed by atoms with Gasteiger partial charge in [0, 0.05) is 19.6 Å². The number of fused-ring (bicyclic) bond motifs is 1. The number of hydrogen-bond donors (Lipinski definition) is 1. The minimum Gasteiger partial charge on any atom is -0.333 e. The van der Waals surface area contributed by atoms with Crippen molar-refractivity contribution in [2.24, 2.45) is 11.3 Å². The molecule has 1 aromatic heterocycles. The summed E-state index contributed by atoms with van der Waals surface area (Å²) in [6, 6.07) is 0. The van der Waals surface area contributed by atoms with Gasteiger partial charge in [0.2, 0.25) is 5.91 Å². The maximum Gasteiger partial charge on any atom is 0.230 e. The third-order valence-electron chi connectivity index (χ3n) is 4.65. The average molecular weight is 263 g/mol. The molecule has 3 rings (SSSR count). The summed E-state index contributed by atoms with van der Waals surface area (Å²) in [6.45, 7) is 8.19. The van der Waals surface area contributed by atoms with Gasteiger partial charge < -0.3 is 14.8 Å². The predicted octanol–water partition coefficient (Wildman–Crippen LogP) is 0.256. The summed E-state index contributed by atoms with van der Waals surface area (Å²) < 4.78 is 2.03. The Labute approximate surface area is 113 Å². The van der Waals surface area contributed by atoms with E-state index in [1.165, 1.54) is 0 Å². The first-order valence-corrected chi connectivity index (χ1v) is 7.00. The molecule has 1 amide bonds. The van der Waals surface area contributed by atoms with Gasteiger partial charge in [-0.05, 0) is 18.9 Å². The highest BCUT2D eigenvalue weighted by molar-refractivity contribution is 5.83. The second-order valence-corrected chi connectivity index (χ2v) is 5.90. The lowest BCUT2D eigenvalue weighted by molar-refractivity contribution is -0.145. The van der Waals surface area contributed by atoms with Gasteiger partial charge in [-0.2, -0.15) is 0 Å². The largest absolute Gasteiger partial charge is 0.333 e. The topological polar surface area (TPSA) is 63.1 Å². The highest BCUT2D eigenvalue weighted by Gasteiger charge is 2.46. The van der Waals surface area contributed by atoms with Gasteiger partial charge in [-0.3, -0.25) is 4.79 Å². The molecule has 1 saturated heterocycles. The van der Waals surface area contributed by atoms with Crippen LogP contribution in [-0.4, -0.2) is 45.2 Å². The Hall–Kier alpha value is -1.43. The SMILES string of the molecule is CC(C)C1(C(=O)N2CCn3cnnc3C2)CCNC1. The Morgan fingerprint density at radius 2 is 2.32 bits per heavy atom. The number of rotatable bonds is 2. The molecular weight excluding hydrogens is 242 g/mol. The number of amides is 1. The highest BCUT2D eigenvalue weighted by atomic mass is 16.2. The maximum atomic E-state index is 12.9. The highest BCUT2D eigenvalue weighted by Crippen LogP contribution is 2.36. The summed E-state index contributed by atoms with van der Waals surface area (Å²) in [6.07, 6.45) is 2.68. The van der Waals surface area contributed by atoms with Crippen molar-refractivity contribution in [3.05, 3.63) is 12.2 Å². The van der Waals surface area contributed by atoms with Crippen LogP contribution in [0.15, 0.2) is 6.33 Å². The van der Waals surface area contributed by atoms with Gasteiger partial charge in [-0.1, -0.05) is 13.8 Å². The minimum atomic E-state index is -0.234. The fraction of sp³-hybridized carbons (Fsp3) is 0.769. The molecule has 2 aliphatic heterocycles. The van der Waals surface area contributed by atoms with Crippen molar-refractivity contribution in [3.8, 4) is 0 Å². The Bertz CT molecular complexity index is 475. The number of hydrogen-bond acceptors (Lipinski definition) is 4. The smallest absolute Gasteiger partial charge is 0.230 e. The summed E-state index contributed by atoms with van der Waals surface area (Å²) in [5.41, 5.74) is -0.234. The summed E-state index contributed by atoms with van der Waals surface area (Å²) in [5, 5.41) is 11.3. The first-order chi connectivity index (χ1) is 9.13. The average Bonchev–Trinajstić information content (AvgIpc) is 3.06. The summed E-state index contributed by atoms with van der Waals surface area (Å²) in [7, 11) is 0. The molecule has 3 heterocycles. The molecule has 1 N–H and O–H groups in total. The van der Waals surface area contributed by atoms with Crippen molar-refractivity contribution < 1.29 is 4.79 Å². The van der Waals surface area contributed by atoms with Crippen LogP contribution < -0.4 is 5.32 Å². The zero-order chi connectivity index (χ0) is 13.5. The molecule has 0 saturated carbocycles. The van der Waals surface area contributed by atoms with Crippen LogP contribution in [-0.2, 0) is 17.9 Å². The molecule has 1 aromatic rings. The van der Waals surface area contributed by atoms with E-state index < -0.39 is 0 Å². The lowest BCUT2D eigenvalue weighted by Crippen LogP contribution is -2.50. The van der Waals surface area contributed by atoms with Crippen LogP contribution in [0.4, 0.5) is 0 Å². The van der Waals surface area contributed by atoms with E-state index in [1.807, 2.05) is 9.47 Å². The zero-order valence-electron chi connectivity index (χ0n) is 11.6. The van der Waals surface area contributed by atoms with Crippen molar-refractivity contribution in [1.82, 2.24) is 25.0 Å². The second kappa shape index (κ2) is 4.59. The summed E-state index contributed by atoms with van der Waals surface area (Å²) in [5.74, 6) is 1.53. The Kier molecular flexibility index (Phi) is 3.05. The number of aromatic nitrogens is 3. The van der Waals surface area contributed by atoms with Gasteiger partial charge in [-0.25, -0.2) is 0 Å². The molecule has 6 heteroatoms. The molecule has 104 valence electrons. The zero-order valence-corrected chi connectivity index (χ0v) is 11.6. The first-order valence-electron chi connectivity index (χ1n) is 7.00. The van der Waals surface area contributed by atoms with Crippen LogP contribution in [0.5, 0.6) is 0 Å². The first kappa shape index (κ1) is 12.6. The molecule has 1 atom stereocenters. The lowest BCUT2D eigenvalue weighted by Gasteiger charge is -2.38. The molecular formula is C13H21N5O. The third-order valence-corrected chi connectivity index (χ3v) is 4.65. The van der Waals surface area contributed by atoms with Crippen LogP contribution >= 0.6 is 0 Å². The number of carbonyl (C=O) groups is 1. The van der Waals surface area contributed by atoms with Crippen LogP contribution in [0.2, 0.25) is 0 Å². The molecule has 0 aliphatic carbocycles. The van der Waals surface area contributed by atoms with Crippen molar-refractivity contribution in [3.63, 3.8) is 0 Å². The van der Waals surface area contributed by atoms with Crippen molar-refractivity contribution in [1.29, 1.82) is 0 Å². The third kappa shape index (κ3) is 1.94. The van der Waals surface area contributed by atoms with Crippen LogP contribution in [0, 0.1) is 11.3 Å². The molecule has 0 radical (unpaired) electrons. The fourth-order valence-corrected chi connectivity index (χ4v) is 3.19. The molecule has 1 fully saturated rings. The quantitative estimate of drug-likeness (QED) is 0.831. The van der Waals surface area contributed by atoms with E-state index in [2.05, 4.69) is 29.4 Å². The number of nitrogens with zero attached hydrogens (tertiary/aromatic N) is 4. The van der Waals surface area contributed by atoms with E-state index in [9.17, 15) is 4.79 Å². The molecule has 1 unspecified atom stereocenters. The Morgan fingerprint density at radius 1 is 1.47 bits per heavy atom. The van der Waals surface area contributed by atoms with Gasteiger partial charge in [-0.15, -0.1) is 10.2 Å². The standard InChI is InChI=1S/C13H21N5O/c1-10(2)13(3-4-14-8-13)12(19)17-5-6-18-9-15-16-11(18)7-17/h9-10,14H,3-8H2,1-2H3. The minimum absolute atomic E-state index is 0.234. The van der Waals surface area contributed by atoms with Gasteiger partial charge in [0.15, 0.2) is 5.82 Å². The number of nitrogens with one attached hydrogen (secondary N) is 1.